The molecular formula is C15H19FN2O3S. The Labute approximate surface area is 130 Å². The van der Waals surface area contributed by atoms with E-state index in [2.05, 4.69) is 0 Å². The van der Waals surface area contributed by atoms with Gasteiger partial charge in [-0.2, -0.15) is 9.57 Å². The number of nitrogens with zero attached hydrogens (tertiary/aromatic N) is 2. The molecule has 120 valence electrons. The zero-order valence-corrected chi connectivity index (χ0v) is 13.3. The smallest absolute Gasteiger partial charge is 0.243 e. The number of halogens is 1. The highest BCUT2D eigenvalue weighted by Crippen LogP contribution is 2.25. The molecule has 1 aromatic carbocycles. The van der Waals surface area contributed by atoms with Gasteiger partial charge in [-0.1, -0.05) is 0 Å². The fourth-order valence-electron chi connectivity index (χ4n) is 2.62. The van der Waals surface area contributed by atoms with Crippen molar-refractivity contribution in [2.45, 2.75) is 37.1 Å². The minimum atomic E-state index is -3.83. The number of aryl methyl sites for hydroxylation is 1. The monoisotopic (exact) mass is 326 g/mol. The number of hydrogen-bond donors (Lipinski definition) is 0. The van der Waals surface area contributed by atoms with Crippen molar-refractivity contribution in [1.82, 2.24) is 4.31 Å². The van der Waals surface area contributed by atoms with Crippen molar-refractivity contribution in [3.63, 3.8) is 0 Å². The Morgan fingerprint density at radius 2 is 2.05 bits per heavy atom. The van der Waals surface area contributed by atoms with Gasteiger partial charge in [-0.15, -0.1) is 0 Å². The molecule has 1 aliphatic heterocycles. The summed E-state index contributed by atoms with van der Waals surface area (Å²) in [4.78, 5) is -0.0607. The van der Waals surface area contributed by atoms with Crippen LogP contribution in [0.3, 0.4) is 0 Å². The van der Waals surface area contributed by atoms with Gasteiger partial charge in [0.2, 0.25) is 10.0 Å². The van der Waals surface area contributed by atoms with Gasteiger partial charge >= 0.3 is 0 Å². The lowest BCUT2D eigenvalue weighted by atomic mass is 10.1. The van der Waals surface area contributed by atoms with Crippen molar-refractivity contribution in [1.29, 1.82) is 5.26 Å². The second-order valence-corrected chi connectivity index (χ2v) is 7.22. The van der Waals surface area contributed by atoms with Gasteiger partial charge in [0.25, 0.3) is 0 Å². The summed E-state index contributed by atoms with van der Waals surface area (Å²) in [6.07, 6.45) is 1.27. The first kappa shape index (κ1) is 16.9. The van der Waals surface area contributed by atoms with E-state index in [-0.39, 0.29) is 23.9 Å². The van der Waals surface area contributed by atoms with E-state index < -0.39 is 15.8 Å². The van der Waals surface area contributed by atoms with Gasteiger partial charge in [0, 0.05) is 32.2 Å². The molecule has 1 aliphatic rings. The fourth-order valence-corrected chi connectivity index (χ4v) is 4.42. The zero-order valence-electron chi connectivity index (χ0n) is 12.5. The Bertz CT molecular complexity index is 644. The molecule has 0 unspecified atom stereocenters. The number of nitriles is 1. The highest BCUT2D eigenvalue weighted by molar-refractivity contribution is 7.89. The maximum Gasteiger partial charge on any atom is 0.243 e. The molecule has 0 saturated carbocycles. The largest absolute Gasteiger partial charge is 0.381 e. The van der Waals surface area contributed by atoms with Gasteiger partial charge in [0.05, 0.1) is 11.0 Å². The standard InChI is InChI=1S/C15H19FN2O3S/c1-12-9-13(16)11-15(10-12)22(19,20)18(6-2-5-17)14-3-7-21-8-4-14/h9-11,14H,2-4,6-8H2,1H3. The Balaban J connectivity index is 2.37. The van der Waals surface area contributed by atoms with Crippen LogP contribution in [0.1, 0.15) is 24.8 Å². The summed E-state index contributed by atoms with van der Waals surface area (Å²) in [7, 11) is -3.83. The van der Waals surface area contributed by atoms with E-state index in [0.29, 0.717) is 31.6 Å². The molecule has 0 aliphatic carbocycles. The zero-order chi connectivity index (χ0) is 16.2. The maximum absolute atomic E-state index is 13.6. The first-order chi connectivity index (χ1) is 10.4. The Hall–Kier alpha value is -1.49. The molecule has 1 aromatic rings. The molecular weight excluding hydrogens is 307 g/mol. The van der Waals surface area contributed by atoms with Gasteiger partial charge in [-0.25, -0.2) is 12.8 Å². The molecule has 0 aromatic heterocycles. The topological polar surface area (TPSA) is 70.4 Å². The Kier molecular flexibility index (Phi) is 5.51. The average Bonchev–Trinajstić information content (AvgIpc) is 2.47. The molecule has 1 heterocycles. The third-order valence-corrected chi connectivity index (χ3v) is 5.59. The number of rotatable bonds is 5. The molecule has 0 N–H and O–H groups in total. The molecule has 0 radical (unpaired) electrons. The van der Waals surface area contributed by atoms with Gasteiger partial charge in [0.15, 0.2) is 0 Å². The van der Waals surface area contributed by atoms with Crippen molar-refractivity contribution in [2.24, 2.45) is 0 Å². The van der Waals surface area contributed by atoms with E-state index in [1.165, 1.54) is 16.4 Å². The lowest BCUT2D eigenvalue weighted by Crippen LogP contribution is -2.43. The van der Waals surface area contributed by atoms with Crippen molar-refractivity contribution >= 4 is 10.0 Å². The van der Waals surface area contributed by atoms with Crippen LogP contribution in [0.5, 0.6) is 0 Å². The number of benzene rings is 1. The van der Waals surface area contributed by atoms with E-state index in [1.54, 1.807) is 6.92 Å². The van der Waals surface area contributed by atoms with E-state index in [4.69, 9.17) is 10.00 Å². The minimum Gasteiger partial charge on any atom is -0.381 e. The van der Waals surface area contributed by atoms with Crippen LogP contribution < -0.4 is 0 Å². The molecule has 2 rings (SSSR count). The van der Waals surface area contributed by atoms with Crippen LogP contribution in [0, 0.1) is 24.1 Å². The average molecular weight is 326 g/mol. The predicted molar refractivity (Wildman–Crippen MR) is 79.1 cm³/mol. The SMILES string of the molecule is Cc1cc(F)cc(S(=O)(=O)N(CCC#N)C2CCOCC2)c1. The highest BCUT2D eigenvalue weighted by Gasteiger charge is 2.32. The van der Waals surface area contributed by atoms with Crippen LogP contribution in [0.15, 0.2) is 23.1 Å². The lowest BCUT2D eigenvalue weighted by Gasteiger charge is -2.33. The molecule has 5 nitrogen and oxygen atoms in total. The summed E-state index contributed by atoms with van der Waals surface area (Å²) < 4.78 is 45.9. The fraction of sp³-hybridized carbons (Fsp3) is 0.533. The molecule has 1 saturated heterocycles. The van der Waals surface area contributed by atoms with Crippen molar-refractivity contribution in [3.05, 3.63) is 29.6 Å². The molecule has 0 atom stereocenters. The quantitative estimate of drug-likeness (QED) is 0.832. The summed E-state index contributed by atoms with van der Waals surface area (Å²) in [6.45, 7) is 2.74. The van der Waals surface area contributed by atoms with E-state index in [1.807, 2.05) is 6.07 Å². The Morgan fingerprint density at radius 3 is 2.64 bits per heavy atom. The second kappa shape index (κ2) is 7.18. The van der Waals surface area contributed by atoms with Crippen LogP contribution >= 0.6 is 0 Å². The van der Waals surface area contributed by atoms with Crippen molar-refractivity contribution in [2.75, 3.05) is 19.8 Å². The van der Waals surface area contributed by atoms with Crippen molar-refractivity contribution < 1.29 is 17.5 Å². The second-order valence-electron chi connectivity index (χ2n) is 5.33. The predicted octanol–water partition coefficient (Wildman–Crippen LogP) is 2.22. The highest BCUT2D eigenvalue weighted by atomic mass is 32.2. The van der Waals surface area contributed by atoms with Crippen LogP contribution in [-0.4, -0.2) is 38.5 Å². The molecule has 0 amide bonds. The van der Waals surface area contributed by atoms with Gasteiger partial charge in [-0.05, 0) is 43.5 Å². The molecule has 7 heteroatoms. The summed E-state index contributed by atoms with van der Waals surface area (Å²) in [6, 6.07) is 5.53. The summed E-state index contributed by atoms with van der Waals surface area (Å²) in [5.41, 5.74) is 0.547. The third kappa shape index (κ3) is 3.83. The normalized spacial score (nSPS) is 16.6. The lowest BCUT2D eigenvalue weighted by molar-refractivity contribution is 0.0588. The first-order valence-corrected chi connectivity index (χ1v) is 8.63. The molecule has 0 bridgehead atoms. The molecule has 0 spiro atoms. The molecule has 1 fully saturated rings. The van der Waals surface area contributed by atoms with Crippen LogP contribution in [0.25, 0.3) is 0 Å². The van der Waals surface area contributed by atoms with Crippen LogP contribution in [-0.2, 0) is 14.8 Å². The van der Waals surface area contributed by atoms with Crippen LogP contribution in [0.2, 0.25) is 0 Å². The van der Waals surface area contributed by atoms with Crippen LogP contribution in [0.4, 0.5) is 4.39 Å². The third-order valence-electron chi connectivity index (χ3n) is 3.66. The number of hydrogen-bond acceptors (Lipinski definition) is 4. The van der Waals surface area contributed by atoms with E-state index >= 15 is 0 Å². The van der Waals surface area contributed by atoms with Crippen molar-refractivity contribution in [3.8, 4) is 6.07 Å². The first-order valence-electron chi connectivity index (χ1n) is 7.19. The summed E-state index contributed by atoms with van der Waals surface area (Å²) >= 11 is 0. The Morgan fingerprint density at radius 1 is 1.36 bits per heavy atom. The minimum absolute atomic E-state index is 0.0607. The molecule has 22 heavy (non-hydrogen) atoms. The summed E-state index contributed by atoms with van der Waals surface area (Å²) in [5, 5.41) is 8.78. The van der Waals surface area contributed by atoms with Gasteiger partial charge in [0.1, 0.15) is 5.82 Å². The van der Waals surface area contributed by atoms with E-state index in [9.17, 15) is 12.8 Å². The number of ether oxygens (including phenoxy) is 1. The van der Waals surface area contributed by atoms with Gasteiger partial charge < -0.3 is 4.74 Å². The summed E-state index contributed by atoms with van der Waals surface area (Å²) in [5.74, 6) is -0.578. The van der Waals surface area contributed by atoms with Gasteiger partial charge in [-0.3, -0.25) is 0 Å². The van der Waals surface area contributed by atoms with E-state index in [0.717, 1.165) is 6.07 Å². The number of sulfonamides is 1. The maximum atomic E-state index is 13.6.